The summed E-state index contributed by atoms with van der Waals surface area (Å²) in [7, 11) is -2.88. The van der Waals surface area contributed by atoms with Gasteiger partial charge in [0.05, 0.1) is 11.4 Å². The molecule has 2 atom stereocenters. The van der Waals surface area contributed by atoms with E-state index in [4.69, 9.17) is 0 Å². The maximum atomic E-state index is 11.4. The van der Waals surface area contributed by atoms with E-state index in [1.54, 1.807) is 6.92 Å². The summed E-state index contributed by atoms with van der Waals surface area (Å²) in [6.07, 6.45) is 4.27. The van der Waals surface area contributed by atoms with Crippen LogP contribution in [-0.2, 0) is 9.84 Å². The second-order valence-electron chi connectivity index (χ2n) is 5.39. The summed E-state index contributed by atoms with van der Waals surface area (Å²) >= 11 is 0. The first-order valence-corrected chi connectivity index (χ1v) is 8.46. The molecular weight excluding hydrogens is 238 g/mol. The fraction of sp³-hybridized carbons (Fsp3) is 1.00. The summed E-state index contributed by atoms with van der Waals surface area (Å²) in [5.74, 6) is 0.430. The number of sulfone groups is 1. The van der Waals surface area contributed by atoms with E-state index < -0.39 is 15.4 Å². The Kier molecular flexibility index (Phi) is 3.80. The lowest BCUT2D eigenvalue weighted by Crippen LogP contribution is -2.41. The lowest BCUT2D eigenvalue weighted by atomic mass is 9.88. The fourth-order valence-electron chi connectivity index (χ4n) is 3.24. The molecule has 2 saturated heterocycles. The minimum Gasteiger partial charge on any atom is -0.388 e. The predicted octanol–water partition coefficient (Wildman–Crippen LogP) is 0.800. The molecule has 0 bridgehead atoms. The Hall–Kier alpha value is -0.130. The Morgan fingerprint density at radius 2 is 2.18 bits per heavy atom. The molecule has 2 unspecified atom stereocenters. The van der Waals surface area contributed by atoms with E-state index in [-0.39, 0.29) is 17.5 Å². The zero-order chi connectivity index (χ0) is 12.5. The average Bonchev–Trinajstić information content (AvgIpc) is 2.84. The van der Waals surface area contributed by atoms with E-state index in [0.717, 1.165) is 25.9 Å². The van der Waals surface area contributed by atoms with E-state index in [1.807, 2.05) is 0 Å². The van der Waals surface area contributed by atoms with Crippen molar-refractivity contribution in [1.29, 1.82) is 0 Å². The largest absolute Gasteiger partial charge is 0.388 e. The molecule has 0 aromatic heterocycles. The van der Waals surface area contributed by atoms with Gasteiger partial charge in [0.25, 0.3) is 0 Å². The van der Waals surface area contributed by atoms with E-state index in [1.165, 1.54) is 6.42 Å². The molecule has 2 aliphatic heterocycles. The van der Waals surface area contributed by atoms with Gasteiger partial charge in [-0.1, -0.05) is 6.92 Å². The van der Waals surface area contributed by atoms with Crippen molar-refractivity contribution in [3.63, 3.8) is 0 Å². The van der Waals surface area contributed by atoms with Crippen LogP contribution in [0.3, 0.4) is 0 Å². The van der Waals surface area contributed by atoms with E-state index >= 15 is 0 Å². The number of hydrogen-bond donors (Lipinski definition) is 1. The van der Waals surface area contributed by atoms with Gasteiger partial charge in [-0.25, -0.2) is 8.42 Å². The quantitative estimate of drug-likeness (QED) is 0.795. The number of hydrogen-bond acceptors (Lipinski definition) is 4. The Morgan fingerprint density at radius 1 is 1.41 bits per heavy atom. The molecule has 0 spiro atoms. The van der Waals surface area contributed by atoms with Crippen LogP contribution in [0.25, 0.3) is 0 Å². The van der Waals surface area contributed by atoms with Crippen molar-refractivity contribution in [2.75, 3.05) is 24.6 Å². The van der Waals surface area contributed by atoms with E-state index in [2.05, 4.69) is 4.90 Å². The van der Waals surface area contributed by atoms with Gasteiger partial charge < -0.3 is 5.11 Å². The minimum absolute atomic E-state index is 0.209. The summed E-state index contributed by atoms with van der Waals surface area (Å²) in [6.45, 7) is 3.75. The molecule has 0 radical (unpaired) electrons. The number of rotatable bonds is 5. The van der Waals surface area contributed by atoms with Crippen LogP contribution >= 0.6 is 0 Å². The Bertz CT molecular complexity index is 368. The van der Waals surface area contributed by atoms with Gasteiger partial charge in [-0.15, -0.1) is 0 Å². The van der Waals surface area contributed by atoms with Gasteiger partial charge in [0, 0.05) is 18.3 Å². The SMILES string of the molecule is CCS(=O)(=O)CCCC1(O)CCN2CCCC21. The van der Waals surface area contributed by atoms with Crippen molar-refractivity contribution in [2.45, 2.75) is 50.7 Å². The van der Waals surface area contributed by atoms with Crippen LogP contribution in [0.1, 0.15) is 39.0 Å². The number of aliphatic hydroxyl groups is 1. The molecule has 2 rings (SSSR count). The van der Waals surface area contributed by atoms with Crippen LogP contribution in [0.4, 0.5) is 0 Å². The monoisotopic (exact) mass is 261 g/mol. The summed E-state index contributed by atoms with van der Waals surface area (Å²) in [5, 5.41) is 10.6. The summed E-state index contributed by atoms with van der Waals surface area (Å²) in [6, 6.07) is 0.284. The van der Waals surface area contributed by atoms with E-state index in [9.17, 15) is 13.5 Å². The highest BCUT2D eigenvalue weighted by atomic mass is 32.2. The summed E-state index contributed by atoms with van der Waals surface area (Å²) < 4.78 is 22.8. The molecule has 0 saturated carbocycles. The van der Waals surface area contributed by atoms with Gasteiger partial charge in [-0.05, 0) is 38.6 Å². The Balaban J connectivity index is 1.86. The highest BCUT2D eigenvalue weighted by molar-refractivity contribution is 7.91. The first kappa shape index (κ1) is 13.3. The topological polar surface area (TPSA) is 57.6 Å². The molecule has 0 amide bonds. The van der Waals surface area contributed by atoms with Gasteiger partial charge in [0.1, 0.15) is 9.84 Å². The minimum atomic E-state index is -2.88. The number of nitrogens with zero attached hydrogens (tertiary/aromatic N) is 1. The maximum absolute atomic E-state index is 11.4. The van der Waals surface area contributed by atoms with Crippen molar-refractivity contribution in [2.24, 2.45) is 0 Å². The second kappa shape index (κ2) is 4.86. The van der Waals surface area contributed by atoms with Crippen molar-refractivity contribution < 1.29 is 13.5 Å². The first-order valence-electron chi connectivity index (χ1n) is 6.64. The van der Waals surface area contributed by atoms with Crippen molar-refractivity contribution in [3.05, 3.63) is 0 Å². The standard InChI is InChI=1S/C12H23NO3S/c1-2-17(15,16)10-4-6-12(14)7-9-13-8-3-5-11(12)13/h11,14H,2-10H2,1H3. The van der Waals surface area contributed by atoms with Crippen LogP contribution in [0, 0.1) is 0 Å². The lowest BCUT2D eigenvalue weighted by molar-refractivity contribution is 0.00544. The average molecular weight is 261 g/mol. The molecular formula is C12H23NO3S. The molecule has 0 aromatic rings. The van der Waals surface area contributed by atoms with E-state index in [0.29, 0.717) is 12.8 Å². The smallest absolute Gasteiger partial charge is 0.150 e. The Labute approximate surface area is 104 Å². The van der Waals surface area contributed by atoms with Crippen LogP contribution in [0.15, 0.2) is 0 Å². The predicted molar refractivity (Wildman–Crippen MR) is 67.7 cm³/mol. The first-order chi connectivity index (χ1) is 7.97. The lowest BCUT2D eigenvalue weighted by Gasteiger charge is -2.29. The van der Waals surface area contributed by atoms with Crippen molar-refractivity contribution >= 4 is 9.84 Å². The van der Waals surface area contributed by atoms with Gasteiger partial charge in [0.15, 0.2) is 0 Å². The van der Waals surface area contributed by atoms with Crippen LogP contribution in [0.2, 0.25) is 0 Å². The third kappa shape index (κ3) is 2.83. The molecule has 4 nitrogen and oxygen atoms in total. The number of fused-ring (bicyclic) bond motifs is 1. The zero-order valence-electron chi connectivity index (χ0n) is 10.6. The summed E-state index contributed by atoms with van der Waals surface area (Å²) in [4.78, 5) is 2.36. The normalized spacial score (nSPS) is 34.1. The molecule has 2 fully saturated rings. The molecule has 1 N–H and O–H groups in total. The zero-order valence-corrected chi connectivity index (χ0v) is 11.4. The molecule has 17 heavy (non-hydrogen) atoms. The van der Waals surface area contributed by atoms with Gasteiger partial charge >= 0.3 is 0 Å². The molecule has 2 heterocycles. The highest BCUT2D eigenvalue weighted by Gasteiger charge is 2.47. The molecule has 0 aromatic carbocycles. The third-order valence-electron chi connectivity index (χ3n) is 4.32. The highest BCUT2D eigenvalue weighted by Crippen LogP contribution is 2.38. The molecule has 5 heteroatoms. The molecule has 100 valence electrons. The van der Waals surface area contributed by atoms with Crippen molar-refractivity contribution in [3.8, 4) is 0 Å². The second-order valence-corrected chi connectivity index (χ2v) is 7.86. The third-order valence-corrected chi connectivity index (χ3v) is 6.11. The summed E-state index contributed by atoms with van der Waals surface area (Å²) in [5.41, 5.74) is -0.625. The Morgan fingerprint density at radius 3 is 2.88 bits per heavy atom. The van der Waals surface area contributed by atoms with Gasteiger partial charge in [-0.3, -0.25) is 4.90 Å². The van der Waals surface area contributed by atoms with Crippen LogP contribution in [-0.4, -0.2) is 54.7 Å². The van der Waals surface area contributed by atoms with Crippen molar-refractivity contribution in [1.82, 2.24) is 4.90 Å². The van der Waals surface area contributed by atoms with Crippen LogP contribution < -0.4 is 0 Å². The van der Waals surface area contributed by atoms with Gasteiger partial charge in [-0.2, -0.15) is 0 Å². The fourth-order valence-corrected chi connectivity index (χ4v) is 4.11. The molecule has 0 aliphatic carbocycles. The van der Waals surface area contributed by atoms with Crippen LogP contribution in [0.5, 0.6) is 0 Å². The maximum Gasteiger partial charge on any atom is 0.150 e. The van der Waals surface area contributed by atoms with Gasteiger partial charge in [0.2, 0.25) is 0 Å². The molecule has 2 aliphatic rings.